The summed E-state index contributed by atoms with van der Waals surface area (Å²) < 4.78 is 5.11. The first kappa shape index (κ1) is 21.4. The van der Waals surface area contributed by atoms with E-state index >= 15 is 0 Å². The van der Waals surface area contributed by atoms with Crippen molar-refractivity contribution < 1.29 is 19.2 Å². The number of nitro groups is 1. The molecule has 9 heteroatoms. The Balaban J connectivity index is 2.26. The molecular formula is C17H26N4O5. The van der Waals surface area contributed by atoms with Crippen LogP contribution in [0.5, 0.6) is 0 Å². The Morgan fingerprint density at radius 3 is 2.38 bits per heavy atom. The number of hydrogen-bond acceptors (Lipinski definition) is 6. The van der Waals surface area contributed by atoms with Crippen molar-refractivity contribution in [3.63, 3.8) is 0 Å². The minimum atomic E-state index is -0.702. The second-order valence-electron chi connectivity index (χ2n) is 6.82. The molecule has 0 aliphatic heterocycles. The Morgan fingerprint density at radius 2 is 1.85 bits per heavy atom. The number of benzene rings is 1. The minimum absolute atomic E-state index is 0.0511. The molecule has 1 aromatic rings. The van der Waals surface area contributed by atoms with Gasteiger partial charge in [-0.2, -0.15) is 0 Å². The molecular weight excluding hydrogens is 340 g/mol. The van der Waals surface area contributed by atoms with Gasteiger partial charge in [0.05, 0.1) is 11.0 Å². The number of nitro benzene ring substituents is 1. The van der Waals surface area contributed by atoms with Crippen LogP contribution in [0.1, 0.15) is 40.0 Å². The van der Waals surface area contributed by atoms with E-state index in [1.54, 1.807) is 20.8 Å². The number of nitrogens with zero attached hydrogens (tertiary/aromatic N) is 1. The van der Waals surface area contributed by atoms with E-state index < -0.39 is 22.7 Å². The smallest absolute Gasteiger partial charge is 0.407 e. The van der Waals surface area contributed by atoms with Gasteiger partial charge in [-0.25, -0.2) is 4.79 Å². The van der Waals surface area contributed by atoms with Gasteiger partial charge in [0.1, 0.15) is 5.60 Å². The summed E-state index contributed by atoms with van der Waals surface area (Å²) in [5, 5.41) is 15.8. The van der Waals surface area contributed by atoms with Gasteiger partial charge in [-0.15, -0.1) is 0 Å². The molecule has 1 rings (SSSR count). The Morgan fingerprint density at radius 1 is 1.23 bits per heavy atom. The number of rotatable bonds is 8. The molecule has 1 aromatic carbocycles. The predicted octanol–water partition coefficient (Wildman–Crippen LogP) is 2.56. The average molecular weight is 366 g/mol. The first-order valence-electron chi connectivity index (χ1n) is 8.36. The lowest BCUT2D eigenvalue weighted by Gasteiger charge is -2.19. The number of alkyl carbamates (subject to hydrolysis) is 1. The summed E-state index contributed by atoms with van der Waals surface area (Å²) in [5.74, 6) is -0.362. The highest BCUT2D eigenvalue weighted by molar-refractivity contribution is 5.94. The first-order chi connectivity index (χ1) is 12.1. The van der Waals surface area contributed by atoms with Crippen LogP contribution in [0.3, 0.4) is 0 Å². The zero-order chi connectivity index (χ0) is 19.7. The molecule has 0 bridgehead atoms. The number of unbranched alkanes of at least 4 members (excludes halogenated alkanes) is 1. The topological polar surface area (TPSA) is 137 Å². The van der Waals surface area contributed by atoms with Crippen molar-refractivity contribution in [2.24, 2.45) is 5.73 Å². The largest absolute Gasteiger partial charge is 0.444 e. The zero-order valence-electron chi connectivity index (χ0n) is 15.3. The maximum atomic E-state index is 12.0. The van der Waals surface area contributed by atoms with Crippen molar-refractivity contribution in [2.45, 2.75) is 51.7 Å². The lowest BCUT2D eigenvalue weighted by molar-refractivity contribution is -0.384. The van der Waals surface area contributed by atoms with Crippen LogP contribution in [0, 0.1) is 10.1 Å². The highest BCUT2D eigenvalue weighted by Gasteiger charge is 2.16. The quantitative estimate of drug-likeness (QED) is 0.367. The normalized spacial score (nSPS) is 12.2. The molecule has 0 saturated heterocycles. The summed E-state index contributed by atoms with van der Waals surface area (Å²) in [4.78, 5) is 33.5. The molecule has 0 fully saturated rings. The Hall–Kier alpha value is -2.68. The molecule has 0 spiro atoms. The van der Waals surface area contributed by atoms with Crippen LogP contribution in [-0.4, -0.2) is 35.1 Å². The molecule has 144 valence electrons. The summed E-state index contributed by atoms with van der Waals surface area (Å²) >= 11 is 0. The van der Waals surface area contributed by atoms with Crippen molar-refractivity contribution in [2.75, 3.05) is 11.9 Å². The van der Waals surface area contributed by atoms with Gasteiger partial charge in [0.25, 0.3) is 5.69 Å². The molecule has 0 unspecified atom stereocenters. The van der Waals surface area contributed by atoms with E-state index in [1.165, 1.54) is 24.3 Å². The van der Waals surface area contributed by atoms with Gasteiger partial charge in [-0.1, -0.05) is 0 Å². The minimum Gasteiger partial charge on any atom is -0.444 e. The van der Waals surface area contributed by atoms with Crippen LogP contribution in [0.15, 0.2) is 24.3 Å². The fraction of sp³-hybridized carbons (Fsp3) is 0.529. The molecule has 26 heavy (non-hydrogen) atoms. The molecule has 1 atom stereocenters. The van der Waals surface area contributed by atoms with E-state index in [-0.39, 0.29) is 11.6 Å². The molecule has 0 aromatic heterocycles. The molecule has 0 heterocycles. The number of nitrogens with one attached hydrogen (secondary N) is 2. The van der Waals surface area contributed by atoms with Crippen molar-refractivity contribution in [3.8, 4) is 0 Å². The van der Waals surface area contributed by atoms with E-state index in [0.29, 0.717) is 31.5 Å². The second kappa shape index (κ2) is 9.71. The first-order valence-corrected chi connectivity index (χ1v) is 8.36. The molecule has 9 nitrogen and oxygen atoms in total. The number of ether oxygens (including phenoxy) is 1. The van der Waals surface area contributed by atoms with Crippen LogP contribution < -0.4 is 16.4 Å². The summed E-state index contributed by atoms with van der Waals surface area (Å²) in [5.41, 5.74) is 5.69. The van der Waals surface area contributed by atoms with E-state index in [4.69, 9.17) is 10.5 Å². The van der Waals surface area contributed by atoms with Crippen molar-refractivity contribution in [1.29, 1.82) is 0 Å². The summed E-state index contributed by atoms with van der Waals surface area (Å²) in [6, 6.07) is 4.82. The third-order valence-corrected chi connectivity index (χ3v) is 3.29. The number of hydrogen-bond donors (Lipinski definition) is 3. The van der Waals surface area contributed by atoms with Gasteiger partial charge >= 0.3 is 6.09 Å². The van der Waals surface area contributed by atoms with E-state index in [1.807, 2.05) is 0 Å². The second-order valence-corrected chi connectivity index (χ2v) is 6.82. The van der Waals surface area contributed by atoms with Crippen LogP contribution in [0.4, 0.5) is 16.2 Å². The highest BCUT2D eigenvalue weighted by Crippen LogP contribution is 2.15. The SMILES string of the molecule is CC(C)(C)OC(=O)NCCCC[C@@H](N)C(=O)Nc1ccc([N+](=O)[O-])cc1. The summed E-state index contributed by atoms with van der Waals surface area (Å²) in [6.07, 6.45) is 1.30. The predicted molar refractivity (Wildman–Crippen MR) is 97.8 cm³/mol. The lowest BCUT2D eigenvalue weighted by Crippen LogP contribution is -2.36. The average Bonchev–Trinajstić information content (AvgIpc) is 2.53. The van der Waals surface area contributed by atoms with Gasteiger partial charge in [0, 0.05) is 24.4 Å². The van der Waals surface area contributed by atoms with Crippen LogP contribution in [0.25, 0.3) is 0 Å². The van der Waals surface area contributed by atoms with Gasteiger partial charge in [-0.05, 0) is 52.2 Å². The summed E-state index contributed by atoms with van der Waals surface area (Å²) in [7, 11) is 0. The van der Waals surface area contributed by atoms with Gasteiger partial charge in [-0.3, -0.25) is 14.9 Å². The molecule has 0 aliphatic carbocycles. The van der Waals surface area contributed by atoms with E-state index in [9.17, 15) is 19.7 Å². The van der Waals surface area contributed by atoms with Crippen LogP contribution >= 0.6 is 0 Å². The van der Waals surface area contributed by atoms with E-state index in [2.05, 4.69) is 10.6 Å². The molecule has 0 aliphatic rings. The number of nitrogens with two attached hydrogens (primary N) is 1. The lowest BCUT2D eigenvalue weighted by atomic mass is 10.1. The molecule has 4 N–H and O–H groups in total. The standard InChI is InChI=1S/C17H26N4O5/c1-17(2,3)26-16(23)19-11-5-4-6-14(18)15(22)20-12-7-9-13(10-8-12)21(24)25/h7-10,14H,4-6,11,18H2,1-3H3,(H,19,23)(H,20,22)/t14-/m1/s1. The monoisotopic (exact) mass is 366 g/mol. The Kier molecular flexibility index (Phi) is 7.98. The zero-order valence-corrected chi connectivity index (χ0v) is 15.3. The van der Waals surface area contributed by atoms with Crippen molar-refractivity contribution in [3.05, 3.63) is 34.4 Å². The number of non-ortho nitro benzene ring substituents is 1. The summed E-state index contributed by atoms with van der Waals surface area (Å²) in [6.45, 7) is 5.80. The maximum Gasteiger partial charge on any atom is 0.407 e. The fourth-order valence-corrected chi connectivity index (χ4v) is 2.03. The van der Waals surface area contributed by atoms with Gasteiger partial charge in [0.15, 0.2) is 0 Å². The Bertz CT molecular complexity index is 625. The number of carbonyl (C=O) groups is 2. The maximum absolute atomic E-state index is 12.0. The van der Waals surface area contributed by atoms with Crippen molar-refractivity contribution in [1.82, 2.24) is 5.32 Å². The van der Waals surface area contributed by atoms with Crippen molar-refractivity contribution >= 4 is 23.4 Å². The number of anilines is 1. The number of carbonyl (C=O) groups excluding carboxylic acids is 2. The van der Waals surface area contributed by atoms with Crippen LogP contribution in [-0.2, 0) is 9.53 Å². The molecule has 0 radical (unpaired) electrons. The van der Waals surface area contributed by atoms with Gasteiger partial charge < -0.3 is 21.1 Å². The Labute approximate surface area is 152 Å². The van der Waals surface area contributed by atoms with Gasteiger partial charge in [0.2, 0.25) is 5.91 Å². The van der Waals surface area contributed by atoms with Crippen LogP contribution in [0.2, 0.25) is 0 Å². The van der Waals surface area contributed by atoms with E-state index in [0.717, 1.165) is 0 Å². The molecule has 0 saturated carbocycles. The third kappa shape index (κ3) is 8.43. The number of amides is 2. The highest BCUT2D eigenvalue weighted by atomic mass is 16.6. The molecule has 2 amide bonds. The third-order valence-electron chi connectivity index (χ3n) is 3.29. The fourth-order valence-electron chi connectivity index (χ4n) is 2.03.